The van der Waals surface area contributed by atoms with Gasteiger partial charge in [0.15, 0.2) is 0 Å². The molecule has 110 valence electrons. The fourth-order valence-electron chi connectivity index (χ4n) is 1.95. The maximum absolute atomic E-state index is 11.1. The fourth-order valence-corrected chi connectivity index (χ4v) is 1.95. The first-order valence-electron chi connectivity index (χ1n) is 6.57. The normalized spacial score (nSPS) is 10.4. The highest BCUT2D eigenvalue weighted by molar-refractivity contribution is 5.51. The molecule has 0 saturated heterocycles. The maximum atomic E-state index is 11.1. The number of benzene rings is 1. The molecule has 1 heterocycles. The van der Waals surface area contributed by atoms with Crippen molar-refractivity contribution in [1.82, 2.24) is 4.98 Å². The van der Waals surface area contributed by atoms with Gasteiger partial charge in [0.1, 0.15) is 5.75 Å². The van der Waals surface area contributed by atoms with Crippen LogP contribution in [0.3, 0.4) is 0 Å². The highest BCUT2D eigenvalue weighted by Crippen LogP contribution is 2.33. The van der Waals surface area contributed by atoms with Crippen molar-refractivity contribution < 1.29 is 14.8 Å². The highest BCUT2D eigenvalue weighted by atomic mass is 16.6. The fraction of sp³-hybridized carbons (Fsp3) is 0.267. The van der Waals surface area contributed by atoms with Crippen molar-refractivity contribution in [3.63, 3.8) is 0 Å². The third kappa shape index (κ3) is 3.35. The molecule has 0 saturated carbocycles. The van der Waals surface area contributed by atoms with Crippen molar-refractivity contribution in [3.8, 4) is 11.5 Å². The second-order valence-corrected chi connectivity index (χ2v) is 4.57. The predicted molar refractivity (Wildman–Crippen MR) is 77.4 cm³/mol. The monoisotopic (exact) mass is 288 g/mol. The minimum atomic E-state index is -0.526. The van der Waals surface area contributed by atoms with Gasteiger partial charge >= 0.3 is 5.69 Å². The van der Waals surface area contributed by atoms with Gasteiger partial charge in [0, 0.05) is 11.8 Å². The Balaban J connectivity index is 2.42. The number of nitro groups is 1. The van der Waals surface area contributed by atoms with E-state index in [1.807, 2.05) is 13.8 Å². The zero-order chi connectivity index (χ0) is 15.4. The van der Waals surface area contributed by atoms with Crippen LogP contribution in [0.4, 0.5) is 5.69 Å². The van der Waals surface area contributed by atoms with Gasteiger partial charge in [-0.3, -0.25) is 15.1 Å². The molecule has 6 heteroatoms. The smallest absolute Gasteiger partial charge is 0.311 e. The van der Waals surface area contributed by atoms with Gasteiger partial charge in [0.2, 0.25) is 5.75 Å². The van der Waals surface area contributed by atoms with Crippen molar-refractivity contribution in [3.05, 3.63) is 57.4 Å². The third-order valence-corrected chi connectivity index (χ3v) is 3.03. The van der Waals surface area contributed by atoms with Crippen LogP contribution in [0.2, 0.25) is 0 Å². The van der Waals surface area contributed by atoms with Crippen LogP contribution in [0.25, 0.3) is 0 Å². The summed E-state index contributed by atoms with van der Waals surface area (Å²) in [5, 5.41) is 20.2. The van der Waals surface area contributed by atoms with Crippen molar-refractivity contribution in [2.75, 3.05) is 0 Å². The molecular formula is C15H16N2O4. The van der Waals surface area contributed by atoms with E-state index in [0.29, 0.717) is 17.7 Å². The Bertz CT molecular complexity index is 671. The van der Waals surface area contributed by atoms with Gasteiger partial charge in [-0.05, 0) is 37.1 Å². The lowest BCUT2D eigenvalue weighted by Crippen LogP contribution is -1.99. The molecule has 2 aromatic rings. The van der Waals surface area contributed by atoms with Crippen LogP contribution in [-0.4, -0.2) is 15.0 Å². The molecule has 0 radical (unpaired) electrons. The molecule has 1 aromatic heterocycles. The number of hydrogen-bond acceptors (Lipinski definition) is 5. The Morgan fingerprint density at radius 3 is 2.62 bits per heavy atom. The minimum absolute atomic E-state index is 0.137. The number of aryl methyl sites for hydroxylation is 2. The Morgan fingerprint density at radius 1 is 1.29 bits per heavy atom. The molecule has 0 spiro atoms. The van der Waals surface area contributed by atoms with E-state index < -0.39 is 4.92 Å². The zero-order valence-electron chi connectivity index (χ0n) is 11.9. The van der Waals surface area contributed by atoms with Crippen LogP contribution in [0.1, 0.15) is 23.9 Å². The predicted octanol–water partition coefficient (Wildman–Crippen LogP) is 3.15. The molecular weight excluding hydrogens is 272 g/mol. The molecule has 0 fully saturated rings. The van der Waals surface area contributed by atoms with E-state index >= 15 is 0 Å². The molecule has 1 N–H and O–H groups in total. The van der Waals surface area contributed by atoms with E-state index in [9.17, 15) is 10.1 Å². The number of nitro benzene ring substituents is 1. The summed E-state index contributed by atoms with van der Waals surface area (Å²) in [6, 6.07) is 7.94. The molecule has 2 rings (SSSR count). The van der Waals surface area contributed by atoms with E-state index in [0.717, 1.165) is 11.4 Å². The molecule has 0 aliphatic carbocycles. The third-order valence-electron chi connectivity index (χ3n) is 3.03. The van der Waals surface area contributed by atoms with Gasteiger partial charge < -0.3 is 9.84 Å². The van der Waals surface area contributed by atoms with E-state index in [2.05, 4.69) is 4.98 Å². The summed E-state index contributed by atoms with van der Waals surface area (Å²) >= 11 is 0. The second-order valence-electron chi connectivity index (χ2n) is 4.57. The van der Waals surface area contributed by atoms with Crippen LogP contribution in [-0.2, 0) is 13.0 Å². The molecule has 0 aliphatic rings. The largest absolute Gasteiger partial charge is 0.448 e. The number of hydrogen-bond donors (Lipinski definition) is 1. The van der Waals surface area contributed by atoms with Crippen molar-refractivity contribution >= 4 is 5.69 Å². The van der Waals surface area contributed by atoms with E-state index in [4.69, 9.17) is 9.84 Å². The standard InChI is InChI=1S/C15H16N2O4/c1-3-12-14(6-4-10(2)16-12)21-15-7-5-11(9-18)8-13(15)17(19)20/h4-8,18H,3,9H2,1-2H3. The summed E-state index contributed by atoms with van der Waals surface area (Å²) in [5.41, 5.74) is 1.90. The average molecular weight is 288 g/mol. The second kappa shape index (κ2) is 6.32. The number of ether oxygens (including phenoxy) is 1. The Hall–Kier alpha value is -2.47. The average Bonchev–Trinajstić information content (AvgIpc) is 2.49. The maximum Gasteiger partial charge on any atom is 0.311 e. The Labute approximate surface area is 122 Å². The van der Waals surface area contributed by atoms with Gasteiger partial charge in [-0.15, -0.1) is 0 Å². The quantitative estimate of drug-likeness (QED) is 0.674. The zero-order valence-corrected chi connectivity index (χ0v) is 11.9. The lowest BCUT2D eigenvalue weighted by molar-refractivity contribution is -0.385. The van der Waals surface area contributed by atoms with Gasteiger partial charge in [0.25, 0.3) is 0 Å². The molecule has 21 heavy (non-hydrogen) atoms. The summed E-state index contributed by atoms with van der Waals surface area (Å²) in [4.78, 5) is 15.0. The summed E-state index contributed by atoms with van der Waals surface area (Å²) in [7, 11) is 0. The molecule has 0 aliphatic heterocycles. The number of aliphatic hydroxyl groups excluding tert-OH is 1. The van der Waals surface area contributed by atoms with Crippen molar-refractivity contribution in [2.45, 2.75) is 26.9 Å². The van der Waals surface area contributed by atoms with Gasteiger partial charge in [-0.1, -0.05) is 13.0 Å². The number of aliphatic hydroxyl groups is 1. The first-order chi connectivity index (χ1) is 10.0. The lowest BCUT2D eigenvalue weighted by atomic mass is 10.2. The van der Waals surface area contributed by atoms with Crippen LogP contribution < -0.4 is 4.74 Å². The first kappa shape index (κ1) is 14.9. The minimum Gasteiger partial charge on any atom is -0.448 e. The van der Waals surface area contributed by atoms with Gasteiger partial charge in [0.05, 0.1) is 17.2 Å². The van der Waals surface area contributed by atoms with Crippen molar-refractivity contribution in [2.24, 2.45) is 0 Å². The molecule has 1 aromatic carbocycles. The molecule has 0 unspecified atom stereocenters. The molecule has 0 atom stereocenters. The number of pyridine rings is 1. The molecule has 0 bridgehead atoms. The Morgan fingerprint density at radius 2 is 2.00 bits per heavy atom. The van der Waals surface area contributed by atoms with E-state index in [-0.39, 0.29) is 18.0 Å². The van der Waals surface area contributed by atoms with Crippen LogP contribution in [0.5, 0.6) is 11.5 Å². The van der Waals surface area contributed by atoms with Gasteiger partial charge in [-0.2, -0.15) is 0 Å². The van der Waals surface area contributed by atoms with E-state index in [1.165, 1.54) is 12.1 Å². The SMILES string of the molecule is CCc1nc(C)ccc1Oc1ccc(CO)cc1[N+](=O)[O-]. The van der Waals surface area contributed by atoms with Crippen LogP contribution in [0.15, 0.2) is 30.3 Å². The van der Waals surface area contributed by atoms with E-state index in [1.54, 1.807) is 18.2 Å². The van der Waals surface area contributed by atoms with Crippen molar-refractivity contribution in [1.29, 1.82) is 0 Å². The first-order valence-corrected chi connectivity index (χ1v) is 6.57. The number of nitrogens with zero attached hydrogens (tertiary/aromatic N) is 2. The summed E-state index contributed by atoms with van der Waals surface area (Å²) < 4.78 is 5.66. The van der Waals surface area contributed by atoms with Crippen LogP contribution >= 0.6 is 0 Å². The number of rotatable bonds is 5. The summed E-state index contributed by atoms with van der Waals surface area (Å²) in [5.74, 6) is 0.639. The van der Waals surface area contributed by atoms with Gasteiger partial charge in [-0.25, -0.2) is 0 Å². The molecule has 0 amide bonds. The van der Waals surface area contributed by atoms with Crippen LogP contribution in [0, 0.1) is 17.0 Å². The summed E-state index contributed by atoms with van der Waals surface area (Å²) in [6.45, 7) is 3.56. The lowest BCUT2D eigenvalue weighted by Gasteiger charge is -2.10. The number of aromatic nitrogens is 1. The topological polar surface area (TPSA) is 85.5 Å². The molecule has 6 nitrogen and oxygen atoms in total. The summed E-state index contributed by atoms with van der Waals surface area (Å²) in [6.07, 6.45) is 0.666. The Kier molecular flexibility index (Phi) is 4.49. The highest BCUT2D eigenvalue weighted by Gasteiger charge is 2.18.